The van der Waals surface area contributed by atoms with Crippen molar-refractivity contribution in [1.82, 2.24) is 9.29 Å². The van der Waals surface area contributed by atoms with Gasteiger partial charge in [-0.05, 0) is 67.7 Å². The third-order valence-electron chi connectivity index (χ3n) is 5.07. The summed E-state index contributed by atoms with van der Waals surface area (Å²) in [7, 11) is -2.49. The van der Waals surface area contributed by atoms with Crippen molar-refractivity contribution >= 4 is 44.5 Å². The monoisotopic (exact) mass is 463 g/mol. The molecule has 0 bridgehead atoms. The second-order valence-corrected chi connectivity index (χ2v) is 10.00. The Morgan fingerprint density at radius 1 is 1.16 bits per heavy atom. The van der Waals surface area contributed by atoms with Crippen LogP contribution in [0.15, 0.2) is 50.5 Å². The number of carbonyl (C=O) groups is 1. The number of nitrogens with zero attached hydrogens (tertiary/aromatic N) is 1. The summed E-state index contributed by atoms with van der Waals surface area (Å²) in [6.45, 7) is 3.92. The molecule has 0 fully saturated rings. The van der Waals surface area contributed by atoms with Gasteiger partial charge >= 0.3 is 5.76 Å². The lowest BCUT2D eigenvalue weighted by molar-refractivity contribution is -0.117. The molecule has 0 aliphatic heterocycles. The molecule has 0 unspecified atom stereocenters. The number of carbonyl (C=O) groups excluding carboxylic acids is 1. The smallest absolute Gasteiger partial charge is 0.408 e. The zero-order valence-corrected chi connectivity index (χ0v) is 19.4. The number of rotatable bonds is 8. The molecule has 0 radical (unpaired) electrons. The fourth-order valence-electron chi connectivity index (χ4n) is 3.06. The van der Waals surface area contributed by atoms with E-state index in [9.17, 15) is 18.0 Å². The summed E-state index contributed by atoms with van der Waals surface area (Å²) in [5.74, 6) is -0.420. The van der Waals surface area contributed by atoms with Crippen molar-refractivity contribution in [3.8, 4) is 0 Å². The van der Waals surface area contributed by atoms with Crippen LogP contribution in [-0.2, 0) is 21.9 Å². The molecule has 0 aliphatic carbocycles. The number of hydrogen-bond acceptors (Lipinski definition) is 6. The Hall–Kier alpha value is -2.56. The van der Waals surface area contributed by atoms with Gasteiger partial charge in [-0.15, -0.1) is 0 Å². The topological polar surface area (TPSA) is 110 Å². The highest BCUT2D eigenvalue weighted by Crippen LogP contribution is 2.20. The Morgan fingerprint density at radius 3 is 2.58 bits per heavy atom. The molecule has 2 aromatic carbocycles. The third-order valence-corrected chi connectivity index (χ3v) is 7.19. The van der Waals surface area contributed by atoms with Crippen LogP contribution >= 0.6 is 11.8 Å². The van der Waals surface area contributed by atoms with Gasteiger partial charge in [-0.25, -0.2) is 13.2 Å². The van der Waals surface area contributed by atoms with E-state index in [0.29, 0.717) is 23.4 Å². The fourth-order valence-corrected chi connectivity index (χ4v) is 4.78. The Kier molecular flexibility index (Phi) is 6.93. The van der Waals surface area contributed by atoms with E-state index in [4.69, 9.17) is 4.42 Å². The predicted octanol–water partition coefficient (Wildman–Crippen LogP) is 2.79. The Bertz CT molecular complexity index is 1280. The number of oxazole rings is 1. The fraction of sp³-hybridized carbons (Fsp3) is 0.333. The van der Waals surface area contributed by atoms with Crippen molar-refractivity contribution in [2.24, 2.45) is 7.05 Å². The minimum atomic E-state index is -4.03. The molecule has 0 spiro atoms. The van der Waals surface area contributed by atoms with Gasteiger partial charge in [0.15, 0.2) is 5.58 Å². The molecule has 2 N–H and O–H groups in total. The third kappa shape index (κ3) is 5.20. The molecular formula is C21H25N3O5S2. The highest BCUT2D eigenvalue weighted by atomic mass is 32.2. The standard InChI is InChI=1S/C21H25N3O5S2/c1-13-5-6-15(11-14(13)2)22-20(25)17(9-10-30-4)23-31(27,28)16-7-8-18-19(12-16)29-21(26)24(18)3/h5-8,11-12,17,23H,9-10H2,1-4H3,(H,22,25)/t17-/m0/s1. The number of anilines is 1. The minimum absolute atomic E-state index is 0.0810. The number of aromatic nitrogens is 1. The van der Waals surface area contributed by atoms with Crippen molar-refractivity contribution in [2.75, 3.05) is 17.3 Å². The lowest BCUT2D eigenvalue weighted by Gasteiger charge is -2.18. The van der Waals surface area contributed by atoms with Gasteiger partial charge in [0.1, 0.15) is 6.04 Å². The van der Waals surface area contributed by atoms with Crippen LogP contribution in [0.3, 0.4) is 0 Å². The minimum Gasteiger partial charge on any atom is -0.408 e. The average Bonchev–Trinajstić information content (AvgIpc) is 3.01. The summed E-state index contributed by atoms with van der Waals surface area (Å²) >= 11 is 1.52. The molecule has 0 saturated carbocycles. The maximum Gasteiger partial charge on any atom is 0.419 e. The van der Waals surface area contributed by atoms with E-state index in [1.807, 2.05) is 32.2 Å². The van der Waals surface area contributed by atoms with Crippen LogP contribution in [0.4, 0.5) is 5.69 Å². The van der Waals surface area contributed by atoms with E-state index in [-0.39, 0.29) is 10.5 Å². The van der Waals surface area contributed by atoms with Gasteiger partial charge in [-0.3, -0.25) is 9.36 Å². The van der Waals surface area contributed by atoms with Crippen molar-refractivity contribution in [3.05, 3.63) is 58.1 Å². The molecule has 0 aliphatic rings. The molecule has 3 aromatic rings. The summed E-state index contributed by atoms with van der Waals surface area (Å²) in [6, 6.07) is 8.73. The predicted molar refractivity (Wildman–Crippen MR) is 123 cm³/mol. The van der Waals surface area contributed by atoms with Crippen molar-refractivity contribution in [2.45, 2.75) is 31.2 Å². The normalized spacial score (nSPS) is 12.8. The summed E-state index contributed by atoms with van der Waals surface area (Å²) < 4.78 is 34.8. The second kappa shape index (κ2) is 9.29. The van der Waals surface area contributed by atoms with Gasteiger partial charge in [-0.1, -0.05) is 6.07 Å². The van der Waals surface area contributed by atoms with Crippen LogP contribution in [0.2, 0.25) is 0 Å². The summed E-state index contributed by atoms with van der Waals surface area (Å²) in [4.78, 5) is 24.5. The van der Waals surface area contributed by atoms with E-state index >= 15 is 0 Å². The molecule has 1 atom stereocenters. The number of hydrogen-bond donors (Lipinski definition) is 2. The van der Waals surface area contributed by atoms with Gasteiger partial charge in [0.05, 0.1) is 10.4 Å². The molecule has 1 aromatic heterocycles. The largest absolute Gasteiger partial charge is 0.419 e. The SMILES string of the molecule is CSCC[C@H](NS(=O)(=O)c1ccc2c(c1)oc(=O)n2C)C(=O)Nc1ccc(C)c(C)c1. The van der Waals surface area contributed by atoms with Gasteiger partial charge in [-0.2, -0.15) is 16.5 Å². The number of nitrogens with one attached hydrogen (secondary N) is 2. The Labute approximate surface area is 185 Å². The Morgan fingerprint density at radius 2 is 1.90 bits per heavy atom. The first-order valence-corrected chi connectivity index (χ1v) is 12.5. The van der Waals surface area contributed by atoms with E-state index in [1.54, 1.807) is 6.07 Å². The van der Waals surface area contributed by atoms with Crippen LogP contribution in [0.5, 0.6) is 0 Å². The van der Waals surface area contributed by atoms with E-state index in [2.05, 4.69) is 10.0 Å². The molecule has 8 nitrogen and oxygen atoms in total. The molecule has 166 valence electrons. The lowest BCUT2D eigenvalue weighted by Crippen LogP contribution is -2.44. The quantitative estimate of drug-likeness (QED) is 0.532. The number of aryl methyl sites for hydroxylation is 3. The number of amides is 1. The number of benzene rings is 2. The number of sulfonamides is 1. The molecule has 31 heavy (non-hydrogen) atoms. The highest BCUT2D eigenvalue weighted by molar-refractivity contribution is 7.98. The first-order chi connectivity index (χ1) is 14.6. The molecule has 0 saturated heterocycles. The zero-order chi connectivity index (χ0) is 22.8. The summed E-state index contributed by atoms with van der Waals surface area (Å²) in [5, 5.41) is 2.80. The Balaban J connectivity index is 1.85. The second-order valence-electron chi connectivity index (χ2n) is 7.30. The summed E-state index contributed by atoms with van der Waals surface area (Å²) in [6.07, 6.45) is 2.21. The van der Waals surface area contributed by atoms with Gasteiger partial charge in [0.25, 0.3) is 0 Å². The average molecular weight is 464 g/mol. The molecule has 1 heterocycles. The van der Waals surface area contributed by atoms with Crippen molar-refractivity contribution in [1.29, 1.82) is 0 Å². The molecule has 3 rings (SSSR count). The number of thioether (sulfide) groups is 1. The first-order valence-electron chi connectivity index (χ1n) is 9.61. The van der Waals surface area contributed by atoms with Crippen LogP contribution < -0.4 is 15.8 Å². The van der Waals surface area contributed by atoms with Crippen molar-refractivity contribution < 1.29 is 17.6 Å². The summed E-state index contributed by atoms with van der Waals surface area (Å²) in [5.41, 5.74) is 3.37. The maximum absolute atomic E-state index is 13.0. The van der Waals surface area contributed by atoms with Gasteiger partial charge < -0.3 is 9.73 Å². The molecular weight excluding hydrogens is 438 g/mol. The first kappa shape index (κ1) is 23.1. The van der Waals surface area contributed by atoms with Crippen LogP contribution in [0, 0.1) is 13.8 Å². The van der Waals surface area contributed by atoms with E-state index < -0.39 is 27.7 Å². The van der Waals surface area contributed by atoms with Crippen LogP contribution in [-0.4, -0.2) is 36.9 Å². The van der Waals surface area contributed by atoms with Gasteiger partial charge in [0, 0.05) is 18.8 Å². The zero-order valence-electron chi connectivity index (χ0n) is 17.8. The van der Waals surface area contributed by atoms with Crippen LogP contribution in [0.1, 0.15) is 17.5 Å². The van der Waals surface area contributed by atoms with Gasteiger partial charge in [0.2, 0.25) is 15.9 Å². The van der Waals surface area contributed by atoms with Crippen molar-refractivity contribution in [3.63, 3.8) is 0 Å². The number of fused-ring (bicyclic) bond motifs is 1. The van der Waals surface area contributed by atoms with E-state index in [1.165, 1.54) is 41.6 Å². The molecule has 10 heteroatoms. The van der Waals surface area contributed by atoms with E-state index in [0.717, 1.165) is 11.1 Å². The highest BCUT2D eigenvalue weighted by Gasteiger charge is 2.26. The maximum atomic E-state index is 13.0. The van der Waals surface area contributed by atoms with Crippen LogP contribution in [0.25, 0.3) is 11.1 Å². The molecule has 1 amide bonds. The lowest BCUT2D eigenvalue weighted by atomic mass is 10.1.